The van der Waals surface area contributed by atoms with Crippen molar-refractivity contribution < 1.29 is 9.21 Å². The molecular weight excluding hydrogens is 216 g/mol. The summed E-state index contributed by atoms with van der Waals surface area (Å²) in [7, 11) is 0. The summed E-state index contributed by atoms with van der Waals surface area (Å²) in [5.41, 5.74) is 0.611. The van der Waals surface area contributed by atoms with Gasteiger partial charge < -0.3 is 9.32 Å². The first kappa shape index (κ1) is 13.3. The van der Waals surface area contributed by atoms with E-state index in [1.807, 2.05) is 20.8 Å². The minimum Gasteiger partial charge on any atom is -0.469 e. The predicted octanol–water partition coefficient (Wildman–Crippen LogP) is 2.46. The molecule has 0 saturated heterocycles. The van der Waals surface area contributed by atoms with Crippen LogP contribution in [0, 0.1) is 17.2 Å². The predicted molar refractivity (Wildman–Crippen MR) is 64.4 cm³/mol. The number of hydrogen-bond donors (Lipinski definition) is 0. The van der Waals surface area contributed by atoms with Crippen LogP contribution in [0.4, 0.5) is 0 Å². The van der Waals surface area contributed by atoms with Crippen molar-refractivity contribution in [1.82, 2.24) is 4.90 Å². The van der Waals surface area contributed by atoms with Crippen LogP contribution in [-0.4, -0.2) is 23.9 Å². The van der Waals surface area contributed by atoms with Gasteiger partial charge in [-0.25, -0.2) is 0 Å². The van der Waals surface area contributed by atoms with Gasteiger partial charge >= 0.3 is 0 Å². The third-order valence-corrected chi connectivity index (χ3v) is 2.68. The Bertz CT molecular complexity index is 417. The Kier molecular flexibility index (Phi) is 4.77. The van der Waals surface area contributed by atoms with Crippen molar-refractivity contribution in [1.29, 1.82) is 5.26 Å². The molecule has 0 radical (unpaired) electrons. The van der Waals surface area contributed by atoms with Gasteiger partial charge in [-0.1, -0.05) is 6.92 Å². The molecule has 1 amide bonds. The van der Waals surface area contributed by atoms with Crippen LogP contribution in [0.3, 0.4) is 0 Å². The van der Waals surface area contributed by atoms with E-state index in [0.717, 1.165) is 0 Å². The zero-order valence-corrected chi connectivity index (χ0v) is 10.6. The van der Waals surface area contributed by atoms with Crippen molar-refractivity contribution in [2.24, 2.45) is 5.92 Å². The highest BCUT2D eigenvalue weighted by Gasteiger charge is 2.20. The first-order valence-corrected chi connectivity index (χ1v) is 5.89. The lowest BCUT2D eigenvalue weighted by Gasteiger charge is -2.21. The molecule has 0 aliphatic carbocycles. The van der Waals surface area contributed by atoms with Crippen LogP contribution in [0.5, 0.6) is 0 Å². The molecule has 1 aromatic heterocycles. The van der Waals surface area contributed by atoms with Crippen molar-refractivity contribution in [3.63, 3.8) is 0 Å². The first-order valence-electron chi connectivity index (χ1n) is 5.89. The van der Waals surface area contributed by atoms with E-state index in [2.05, 4.69) is 6.07 Å². The van der Waals surface area contributed by atoms with Crippen molar-refractivity contribution in [2.45, 2.75) is 27.2 Å². The number of rotatable bonds is 5. The summed E-state index contributed by atoms with van der Waals surface area (Å²) in [4.78, 5) is 13.9. The lowest BCUT2D eigenvalue weighted by atomic mass is 10.1. The summed E-state index contributed by atoms with van der Waals surface area (Å²) in [6.07, 6.45) is 2.23. The van der Waals surface area contributed by atoms with Crippen molar-refractivity contribution in [3.05, 3.63) is 23.7 Å². The summed E-state index contributed by atoms with van der Waals surface area (Å²) in [5.74, 6) is 0.495. The molecule has 0 N–H and O–H groups in total. The number of carbonyl (C=O) groups is 1. The molecule has 1 aromatic rings. The van der Waals surface area contributed by atoms with Crippen LogP contribution < -0.4 is 0 Å². The fourth-order valence-corrected chi connectivity index (χ4v) is 1.70. The molecule has 4 nitrogen and oxygen atoms in total. The topological polar surface area (TPSA) is 57.2 Å². The molecule has 1 heterocycles. The van der Waals surface area contributed by atoms with E-state index in [-0.39, 0.29) is 11.8 Å². The van der Waals surface area contributed by atoms with E-state index in [0.29, 0.717) is 30.8 Å². The van der Waals surface area contributed by atoms with Crippen molar-refractivity contribution in [2.75, 3.05) is 13.1 Å². The highest BCUT2D eigenvalue weighted by atomic mass is 16.3. The third-order valence-electron chi connectivity index (χ3n) is 2.68. The fraction of sp³-hybridized carbons (Fsp3) is 0.538. The Balaban J connectivity index is 2.83. The van der Waals surface area contributed by atoms with Crippen molar-refractivity contribution >= 4 is 5.91 Å². The van der Waals surface area contributed by atoms with E-state index in [1.54, 1.807) is 11.0 Å². The molecule has 0 bridgehead atoms. The molecule has 0 aliphatic heterocycles. The molecule has 1 rings (SSSR count). The molecule has 0 saturated carbocycles. The van der Waals surface area contributed by atoms with E-state index in [1.165, 1.54) is 6.26 Å². The second-order valence-electron chi connectivity index (χ2n) is 3.98. The number of amides is 1. The third kappa shape index (κ3) is 3.10. The quantitative estimate of drug-likeness (QED) is 0.786. The van der Waals surface area contributed by atoms with Gasteiger partial charge in [-0.2, -0.15) is 5.26 Å². The van der Waals surface area contributed by atoms with Gasteiger partial charge in [0.25, 0.3) is 5.91 Å². The van der Waals surface area contributed by atoms with E-state index in [4.69, 9.17) is 9.68 Å². The molecule has 17 heavy (non-hydrogen) atoms. The summed E-state index contributed by atoms with van der Waals surface area (Å²) < 4.78 is 5.25. The highest BCUT2D eigenvalue weighted by molar-refractivity contribution is 5.95. The van der Waals surface area contributed by atoms with Crippen LogP contribution in [0.25, 0.3) is 0 Å². The second-order valence-corrected chi connectivity index (χ2v) is 3.98. The minimum absolute atomic E-state index is 0.0554. The SMILES string of the molecule is CCc1occc1C(=O)N(CC)CC(C)C#N. The number of furan rings is 1. The normalized spacial score (nSPS) is 11.9. The Morgan fingerprint density at radius 1 is 1.59 bits per heavy atom. The maximum absolute atomic E-state index is 12.2. The zero-order valence-electron chi connectivity index (χ0n) is 10.6. The Morgan fingerprint density at radius 2 is 2.29 bits per heavy atom. The van der Waals surface area contributed by atoms with Crippen LogP contribution in [-0.2, 0) is 6.42 Å². The number of aryl methyl sites for hydroxylation is 1. The minimum atomic E-state index is -0.157. The summed E-state index contributed by atoms with van der Waals surface area (Å²) in [6.45, 7) is 6.73. The van der Waals surface area contributed by atoms with E-state index < -0.39 is 0 Å². The van der Waals surface area contributed by atoms with Gasteiger partial charge in [0.05, 0.1) is 23.8 Å². The Labute approximate surface area is 102 Å². The van der Waals surface area contributed by atoms with Gasteiger partial charge in [0.15, 0.2) is 0 Å². The summed E-state index contributed by atoms with van der Waals surface area (Å²) in [6, 6.07) is 3.84. The van der Waals surface area contributed by atoms with Crippen molar-refractivity contribution in [3.8, 4) is 6.07 Å². The van der Waals surface area contributed by atoms with Crippen LogP contribution in [0.1, 0.15) is 36.9 Å². The van der Waals surface area contributed by atoms with Gasteiger partial charge in [0.1, 0.15) is 5.76 Å². The Hall–Kier alpha value is -1.76. The average molecular weight is 234 g/mol. The maximum Gasteiger partial charge on any atom is 0.257 e. The smallest absolute Gasteiger partial charge is 0.257 e. The van der Waals surface area contributed by atoms with E-state index >= 15 is 0 Å². The molecule has 0 aliphatic rings. The monoisotopic (exact) mass is 234 g/mol. The van der Waals surface area contributed by atoms with E-state index in [9.17, 15) is 4.79 Å². The standard InChI is InChI=1S/C13H18N2O2/c1-4-12-11(6-7-17-12)13(16)15(5-2)9-10(3)8-14/h6-7,10H,4-5,9H2,1-3H3. The van der Waals surface area contributed by atoms with Crippen LogP contribution >= 0.6 is 0 Å². The zero-order chi connectivity index (χ0) is 12.8. The lowest BCUT2D eigenvalue weighted by Crippen LogP contribution is -2.34. The van der Waals surface area contributed by atoms with Gasteiger partial charge in [-0.3, -0.25) is 4.79 Å². The van der Waals surface area contributed by atoms with Gasteiger partial charge in [0.2, 0.25) is 0 Å². The number of carbonyl (C=O) groups excluding carboxylic acids is 1. The average Bonchev–Trinajstić information content (AvgIpc) is 2.82. The molecule has 0 fully saturated rings. The molecule has 4 heteroatoms. The number of hydrogen-bond acceptors (Lipinski definition) is 3. The Morgan fingerprint density at radius 3 is 2.82 bits per heavy atom. The van der Waals surface area contributed by atoms with Gasteiger partial charge in [-0.05, 0) is 19.9 Å². The largest absolute Gasteiger partial charge is 0.469 e. The van der Waals surface area contributed by atoms with Gasteiger partial charge in [0, 0.05) is 19.5 Å². The molecule has 92 valence electrons. The second kappa shape index (κ2) is 6.09. The molecule has 1 unspecified atom stereocenters. The molecular formula is C13H18N2O2. The van der Waals surface area contributed by atoms with Crippen LogP contribution in [0.15, 0.2) is 16.7 Å². The summed E-state index contributed by atoms with van der Waals surface area (Å²) in [5, 5.41) is 8.79. The molecule has 0 aromatic carbocycles. The number of nitriles is 1. The first-order chi connectivity index (χ1) is 8.13. The maximum atomic E-state index is 12.2. The highest BCUT2D eigenvalue weighted by Crippen LogP contribution is 2.14. The van der Waals surface area contributed by atoms with Crippen LogP contribution in [0.2, 0.25) is 0 Å². The molecule has 1 atom stereocenters. The van der Waals surface area contributed by atoms with Gasteiger partial charge in [-0.15, -0.1) is 0 Å². The lowest BCUT2D eigenvalue weighted by molar-refractivity contribution is 0.0750. The fourth-order valence-electron chi connectivity index (χ4n) is 1.70. The summed E-state index contributed by atoms with van der Waals surface area (Å²) >= 11 is 0. The molecule has 0 spiro atoms. The number of nitrogens with zero attached hydrogens (tertiary/aromatic N) is 2.